The Bertz CT molecular complexity index is 587. The van der Waals surface area contributed by atoms with Crippen LogP contribution in [0.5, 0.6) is 0 Å². The zero-order valence-electron chi connectivity index (χ0n) is 16.5. The lowest BCUT2D eigenvalue weighted by Gasteiger charge is -2.38. The number of carboxylic acid groups (broad SMARTS) is 1. The fraction of sp³-hybridized carbons (Fsp3) is 0.833. The summed E-state index contributed by atoms with van der Waals surface area (Å²) in [5.41, 5.74) is 5.55. The molecule has 3 fully saturated rings. The molecule has 1 amide bonds. The van der Waals surface area contributed by atoms with Crippen LogP contribution in [0.1, 0.15) is 26.2 Å². The van der Waals surface area contributed by atoms with Crippen molar-refractivity contribution in [1.29, 1.82) is 5.41 Å². The molecule has 10 nitrogen and oxygen atoms in total. The lowest BCUT2D eigenvalue weighted by atomic mass is 9.96. The van der Waals surface area contributed by atoms with Gasteiger partial charge < -0.3 is 30.3 Å². The summed E-state index contributed by atoms with van der Waals surface area (Å²) in [6.45, 7) is 7.93. The number of rotatable bonds is 6. The van der Waals surface area contributed by atoms with Gasteiger partial charge in [-0.1, -0.05) is 0 Å². The minimum atomic E-state index is -0.773. The molecule has 3 heterocycles. The van der Waals surface area contributed by atoms with Gasteiger partial charge in [0.15, 0.2) is 12.2 Å². The standard InChI is InChI=1S/C18H32N6O4/c1-13-16(22-10-8-21(9-11-22)5-4-15(25)26)28-18(27)24(13)12-14-2-6-23(7-3-14)17(19)20/h13-14,16H,2-12H2,1H3,(H3,19,20)(H,25,26). The summed E-state index contributed by atoms with van der Waals surface area (Å²) < 4.78 is 5.70. The van der Waals surface area contributed by atoms with E-state index in [0.29, 0.717) is 19.0 Å². The van der Waals surface area contributed by atoms with Crippen LogP contribution in [0.2, 0.25) is 0 Å². The molecule has 10 heteroatoms. The van der Waals surface area contributed by atoms with E-state index in [0.717, 1.165) is 52.1 Å². The minimum absolute atomic E-state index is 0.0103. The Morgan fingerprint density at radius 1 is 1.21 bits per heavy atom. The lowest BCUT2D eigenvalue weighted by molar-refractivity contribution is -0.137. The van der Waals surface area contributed by atoms with Crippen molar-refractivity contribution in [2.45, 2.75) is 38.5 Å². The van der Waals surface area contributed by atoms with Gasteiger partial charge in [-0.25, -0.2) is 4.79 Å². The third-order valence-electron chi connectivity index (χ3n) is 6.18. The van der Waals surface area contributed by atoms with Crippen LogP contribution in [0, 0.1) is 11.3 Å². The number of ether oxygens (including phenoxy) is 1. The van der Waals surface area contributed by atoms with Gasteiger partial charge in [0.1, 0.15) is 0 Å². The molecule has 0 spiro atoms. The topological polar surface area (TPSA) is 126 Å². The van der Waals surface area contributed by atoms with Gasteiger partial charge in [-0.3, -0.25) is 15.1 Å². The van der Waals surface area contributed by atoms with Crippen molar-refractivity contribution in [2.75, 3.05) is 52.4 Å². The van der Waals surface area contributed by atoms with Crippen LogP contribution in [0.15, 0.2) is 0 Å². The molecule has 0 aromatic carbocycles. The summed E-state index contributed by atoms with van der Waals surface area (Å²) >= 11 is 0. The Morgan fingerprint density at radius 2 is 1.86 bits per heavy atom. The molecule has 28 heavy (non-hydrogen) atoms. The molecule has 3 aliphatic rings. The van der Waals surface area contributed by atoms with Crippen LogP contribution >= 0.6 is 0 Å². The maximum Gasteiger partial charge on any atom is 0.411 e. The Kier molecular flexibility index (Phi) is 6.61. The van der Waals surface area contributed by atoms with E-state index in [9.17, 15) is 9.59 Å². The van der Waals surface area contributed by atoms with E-state index >= 15 is 0 Å². The number of nitrogens with one attached hydrogen (secondary N) is 1. The third-order valence-corrected chi connectivity index (χ3v) is 6.18. The molecule has 0 saturated carbocycles. The number of hydrogen-bond acceptors (Lipinski definition) is 6. The zero-order valence-corrected chi connectivity index (χ0v) is 16.5. The number of carbonyl (C=O) groups is 2. The fourth-order valence-corrected chi connectivity index (χ4v) is 4.34. The molecule has 0 aromatic rings. The van der Waals surface area contributed by atoms with E-state index in [-0.39, 0.29) is 30.7 Å². The third kappa shape index (κ3) is 4.85. The fourth-order valence-electron chi connectivity index (χ4n) is 4.34. The van der Waals surface area contributed by atoms with E-state index < -0.39 is 5.97 Å². The van der Waals surface area contributed by atoms with Gasteiger partial charge in [-0.05, 0) is 25.7 Å². The molecule has 0 aliphatic carbocycles. The quantitative estimate of drug-likeness (QED) is 0.418. The SMILES string of the molecule is CC1C(N2CCN(CCC(=O)O)CC2)OC(=O)N1CC1CCN(C(=N)N)CC1. The highest BCUT2D eigenvalue weighted by Crippen LogP contribution is 2.27. The number of likely N-dealkylation sites (tertiary alicyclic amines) is 1. The largest absolute Gasteiger partial charge is 0.481 e. The Morgan fingerprint density at radius 3 is 2.43 bits per heavy atom. The number of nitrogens with zero attached hydrogens (tertiary/aromatic N) is 4. The minimum Gasteiger partial charge on any atom is -0.481 e. The molecule has 158 valence electrons. The number of carboxylic acids is 1. The first kappa shape index (κ1) is 20.7. The summed E-state index contributed by atoms with van der Waals surface area (Å²) in [6, 6.07) is -0.0103. The van der Waals surface area contributed by atoms with Crippen LogP contribution in [0.25, 0.3) is 0 Å². The highest BCUT2D eigenvalue weighted by Gasteiger charge is 2.43. The summed E-state index contributed by atoms with van der Waals surface area (Å²) in [4.78, 5) is 31.2. The summed E-state index contributed by atoms with van der Waals surface area (Å²) in [7, 11) is 0. The molecular weight excluding hydrogens is 364 g/mol. The van der Waals surface area contributed by atoms with Crippen molar-refractivity contribution in [1.82, 2.24) is 19.6 Å². The first-order valence-electron chi connectivity index (χ1n) is 10.1. The molecule has 2 atom stereocenters. The number of carbonyl (C=O) groups excluding carboxylic acids is 1. The van der Waals surface area contributed by atoms with Crippen molar-refractivity contribution < 1.29 is 19.4 Å². The Hall–Kier alpha value is -2.07. The predicted octanol–water partition coefficient (Wildman–Crippen LogP) is -0.149. The maximum atomic E-state index is 12.5. The number of piperazine rings is 1. The van der Waals surface area contributed by atoms with E-state index in [2.05, 4.69) is 9.80 Å². The van der Waals surface area contributed by atoms with Crippen molar-refractivity contribution in [3.63, 3.8) is 0 Å². The second kappa shape index (κ2) is 8.95. The van der Waals surface area contributed by atoms with Gasteiger partial charge in [0.25, 0.3) is 0 Å². The van der Waals surface area contributed by atoms with Crippen molar-refractivity contribution >= 4 is 18.0 Å². The highest BCUT2D eigenvalue weighted by molar-refractivity contribution is 5.74. The van der Waals surface area contributed by atoms with Crippen LogP contribution in [-0.2, 0) is 9.53 Å². The number of cyclic esters (lactones) is 1. The summed E-state index contributed by atoms with van der Waals surface area (Å²) in [5.74, 6) is -0.252. The summed E-state index contributed by atoms with van der Waals surface area (Å²) in [6.07, 6.45) is 1.50. The van der Waals surface area contributed by atoms with Gasteiger partial charge in [0.2, 0.25) is 0 Å². The molecule has 0 aromatic heterocycles. The number of guanidine groups is 1. The van der Waals surface area contributed by atoms with E-state index in [1.807, 2.05) is 16.7 Å². The monoisotopic (exact) mass is 396 g/mol. The highest BCUT2D eigenvalue weighted by atomic mass is 16.6. The van der Waals surface area contributed by atoms with Crippen molar-refractivity contribution in [3.8, 4) is 0 Å². The average Bonchev–Trinajstić information content (AvgIpc) is 2.95. The number of nitrogens with two attached hydrogens (primary N) is 1. The molecule has 0 radical (unpaired) electrons. The normalized spacial score (nSPS) is 27.8. The second-order valence-electron chi connectivity index (χ2n) is 8.00. The van der Waals surface area contributed by atoms with E-state index in [4.69, 9.17) is 21.0 Å². The Labute approximate surface area is 165 Å². The second-order valence-corrected chi connectivity index (χ2v) is 8.00. The molecule has 3 rings (SSSR count). The van der Waals surface area contributed by atoms with Gasteiger partial charge in [0.05, 0.1) is 12.5 Å². The van der Waals surface area contributed by atoms with Gasteiger partial charge in [-0.2, -0.15) is 0 Å². The molecule has 2 unspecified atom stereocenters. The van der Waals surface area contributed by atoms with Gasteiger partial charge in [-0.15, -0.1) is 0 Å². The average molecular weight is 396 g/mol. The first-order valence-corrected chi connectivity index (χ1v) is 10.1. The van der Waals surface area contributed by atoms with E-state index in [1.165, 1.54) is 0 Å². The van der Waals surface area contributed by atoms with Crippen LogP contribution in [-0.4, -0.2) is 107 Å². The molecular formula is C18H32N6O4. The molecule has 0 bridgehead atoms. The molecule has 4 N–H and O–H groups in total. The van der Waals surface area contributed by atoms with Crippen molar-refractivity contribution in [3.05, 3.63) is 0 Å². The van der Waals surface area contributed by atoms with Gasteiger partial charge >= 0.3 is 12.1 Å². The Balaban J connectivity index is 1.47. The van der Waals surface area contributed by atoms with Gasteiger partial charge in [0, 0.05) is 52.4 Å². The van der Waals surface area contributed by atoms with Crippen molar-refractivity contribution in [2.24, 2.45) is 11.7 Å². The predicted molar refractivity (Wildman–Crippen MR) is 103 cm³/mol. The number of amides is 1. The van der Waals surface area contributed by atoms with E-state index in [1.54, 1.807) is 0 Å². The summed E-state index contributed by atoms with van der Waals surface area (Å²) in [5, 5.41) is 16.3. The molecule has 3 aliphatic heterocycles. The lowest BCUT2D eigenvalue weighted by Crippen LogP contribution is -2.54. The van der Waals surface area contributed by atoms with Crippen LogP contribution in [0.4, 0.5) is 4.79 Å². The molecule has 3 saturated heterocycles. The smallest absolute Gasteiger partial charge is 0.411 e. The maximum absolute atomic E-state index is 12.5. The number of hydrogen-bond donors (Lipinski definition) is 3. The first-order chi connectivity index (χ1) is 13.3. The number of piperidine rings is 1. The van der Waals surface area contributed by atoms with Crippen LogP contribution < -0.4 is 5.73 Å². The van der Waals surface area contributed by atoms with Crippen LogP contribution in [0.3, 0.4) is 0 Å². The zero-order chi connectivity index (χ0) is 20.3. The number of aliphatic carboxylic acids is 1.